The molecule has 0 amide bonds. The average Bonchev–Trinajstić information content (AvgIpc) is 3.05. The van der Waals surface area contributed by atoms with Crippen LogP contribution in [0, 0.1) is 0 Å². The van der Waals surface area contributed by atoms with Gasteiger partial charge in [0.25, 0.3) is 0 Å². The van der Waals surface area contributed by atoms with Gasteiger partial charge in [0, 0.05) is 4.47 Å². The van der Waals surface area contributed by atoms with E-state index in [4.69, 9.17) is 11.6 Å². The normalized spacial score (nSPS) is 16.7. The van der Waals surface area contributed by atoms with Crippen LogP contribution in [0.3, 0.4) is 0 Å². The summed E-state index contributed by atoms with van der Waals surface area (Å²) < 4.78 is 28.8. The van der Waals surface area contributed by atoms with Crippen molar-refractivity contribution in [3.8, 4) is 11.1 Å². The summed E-state index contributed by atoms with van der Waals surface area (Å²) in [6.45, 7) is 0. The molecule has 3 rings (SSSR count). The fraction of sp³-hybridized carbons (Fsp3) is 0.278. The number of benzene rings is 2. The number of halogens is 2. The van der Waals surface area contributed by atoms with E-state index in [-0.39, 0.29) is 4.90 Å². The van der Waals surface area contributed by atoms with Gasteiger partial charge in [-0.2, -0.15) is 4.72 Å². The molecule has 25 heavy (non-hydrogen) atoms. The Kier molecular flexibility index (Phi) is 5.34. The minimum atomic E-state index is -3.82. The van der Waals surface area contributed by atoms with E-state index in [9.17, 15) is 13.2 Å². The molecule has 4 nitrogen and oxygen atoms in total. The maximum atomic E-state index is 12.7. The molecule has 0 atom stereocenters. The highest BCUT2D eigenvalue weighted by molar-refractivity contribution is 9.10. The van der Waals surface area contributed by atoms with Crippen LogP contribution in [0.2, 0.25) is 0 Å². The third kappa shape index (κ3) is 3.97. The summed E-state index contributed by atoms with van der Waals surface area (Å²) in [5, 5.41) is -0.639. The van der Waals surface area contributed by atoms with Crippen molar-refractivity contribution in [3.63, 3.8) is 0 Å². The molecule has 1 fully saturated rings. The topological polar surface area (TPSA) is 63.2 Å². The smallest absolute Gasteiger partial charge is 0.242 e. The molecule has 1 saturated carbocycles. The molecule has 1 aliphatic carbocycles. The minimum absolute atomic E-state index is 0.123. The fourth-order valence-electron chi connectivity index (χ4n) is 3.10. The summed E-state index contributed by atoms with van der Waals surface area (Å²) in [5.74, 6) is 0. The molecule has 0 radical (unpaired) electrons. The summed E-state index contributed by atoms with van der Waals surface area (Å²) >= 11 is 9.07. The number of carbonyl (C=O) groups is 1. The van der Waals surface area contributed by atoms with Gasteiger partial charge in [-0.3, -0.25) is 4.79 Å². The Morgan fingerprint density at radius 2 is 1.44 bits per heavy atom. The van der Waals surface area contributed by atoms with E-state index in [1.165, 1.54) is 0 Å². The number of carbonyl (C=O) groups excluding carboxylic acids is 1. The number of rotatable bonds is 5. The molecule has 0 unspecified atom stereocenters. The summed E-state index contributed by atoms with van der Waals surface area (Å²) in [6, 6.07) is 14.3. The van der Waals surface area contributed by atoms with Gasteiger partial charge in [-0.05, 0) is 59.8 Å². The van der Waals surface area contributed by atoms with Gasteiger partial charge in [-0.1, -0.05) is 53.0 Å². The SMILES string of the molecule is O=C(Cl)C1(NS(=O)(=O)c2ccc(-c3ccc(Br)cc3)cc2)CCCC1. The van der Waals surface area contributed by atoms with Crippen LogP contribution < -0.4 is 4.72 Å². The Morgan fingerprint density at radius 3 is 1.92 bits per heavy atom. The van der Waals surface area contributed by atoms with Gasteiger partial charge in [-0.15, -0.1) is 0 Å². The molecule has 2 aromatic rings. The van der Waals surface area contributed by atoms with Crippen molar-refractivity contribution in [1.82, 2.24) is 4.72 Å². The van der Waals surface area contributed by atoms with Gasteiger partial charge in [0.2, 0.25) is 15.3 Å². The van der Waals surface area contributed by atoms with Crippen LogP contribution >= 0.6 is 27.5 Å². The summed E-state index contributed by atoms with van der Waals surface area (Å²) in [4.78, 5) is 11.9. The largest absolute Gasteiger partial charge is 0.279 e. The molecule has 0 aliphatic heterocycles. The molecule has 1 aliphatic rings. The van der Waals surface area contributed by atoms with Crippen molar-refractivity contribution in [3.05, 3.63) is 53.0 Å². The standard InChI is InChI=1S/C18H17BrClNO3S/c19-15-7-3-13(4-8-15)14-5-9-16(10-6-14)25(23,24)21-18(17(20)22)11-1-2-12-18/h3-10,21H,1-2,11-12H2. The van der Waals surface area contributed by atoms with Crippen LogP contribution in [0.25, 0.3) is 11.1 Å². The fourth-order valence-corrected chi connectivity index (χ4v) is 5.08. The highest BCUT2D eigenvalue weighted by atomic mass is 79.9. The van der Waals surface area contributed by atoms with E-state index in [0.29, 0.717) is 12.8 Å². The lowest BCUT2D eigenvalue weighted by Gasteiger charge is -2.25. The van der Waals surface area contributed by atoms with Crippen molar-refractivity contribution in [2.75, 3.05) is 0 Å². The maximum absolute atomic E-state index is 12.7. The molecule has 1 N–H and O–H groups in total. The van der Waals surface area contributed by atoms with Gasteiger partial charge < -0.3 is 0 Å². The molecule has 0 bridgehead atoms. The third-order valence-electron chi connectivity index (χ3n) is 4.51. The van der Waals surface area contributed by atoms with Crippen LogP contribution in [0.15, 0.2) is 57.9 Å². The lowest BCUT2D eigenvalue weighted by molar-refractivity contribution is -0.116. The van der Waals surface area contributed by atoms with E-state index in [1.54, 1.807) is 24.3 Å². The summed E-state index contributed by atoms with van der Waals surface area (Å²) in [7, 11) is -3.82. The Labute approximate surface area is 160 Å². The predicted molar refractivity (Wildman–Crippen MR) is 102 cm³/mol. The second kappa shape index (κ2) is 7.19. The number of hydrogen-bond donors (Lipinski definition) is 1. The zero-order chi connectivity index (χ0) is 18.1. The van der Waals surface area contributed by atoms with E-state index in [2.05, 4.69) is 20.7 Å². The monoisotopic (exact) mass is 441 g/mol. The molecule has 2 aromatic carbocycles. The Bertz CT molecular complexity index is 874. The molecule has 0 saturated heterocycles. The van der Waals surface area contributed by atoms with E-state index < -0.39 is 20.8 Å². The van der Waals surface area contributed by atoms with Crippen molar-refractivity contribution < 1.29 is 13.2 Å². The lowest BCUT2D eigenvalue weighted by Crippen LogP contribution is -2.50. The van der Waals surface area contributed by atoms with Crippen LogP contribution in [-0.2, 0) is 14.8 Å². The lowest BCUT2D eigenvalue weighted by atomic mass is 10.0. The van der Waals surface area contributed by atoms with Gasteiger partial charge in [0.1, 0.15) is 5.54 Å². The van der Waals surface area contributed by atoms with Crippen LogP contribution in [0.4, 0.5) is 0 Å². The van der Waals surface area contributed by atoms with E-state index >= 15 is 0 Å². The molecule has 132 valence electrons. The molecule has 7 heteroatoms. The quantitative estimate of drug-likeness (QED) is 0.695. The second-order valence-electron chi connectivity index (χ2n) is 6.20. The Morgan fingerprint density at radius 1 is 0.960 bits per heavy atom. The molecule has 0 spiro atoms. The first-order valence-electron chi connectivity index (χ1n) is 7.92. The predicted octanol–water partition coefficient (Wildman–Crippen LogP) is 4.47. The van der Waals surface area contributed by atoms with Crippen molar-refractivity contribution >= 4 is 42.8 Å². The highest BCUT2D eigenvalue weighted by Gasteiger charge is 2.43. The van der Waals surface area contributed by atoms with Gasteiger partial charge in [-0.25, -0.2) is 8.42 Å². The third-order valence-corrected chi connectivity index (χ3v) is 6.95. The Balaban J connectivity index is 1.85. The zero-order valence-corrected chi connectivity index (χ0v) is 16.5. The first-order chi connectivity index (χ1) is 11.8. The first-order valence-corrected chi connectivity index (χ1v) is 10.6. The van der Waals surface area contributed by atoms with Gasteiger partial charge >= 0.3 is 0 Å². The van der Waals surface area contributed by atoms with Crippen LogP contribution in [0.1, 0.15) is 25.7 Å². The summed E-state index contributed by atoms with van der Waals surface area (Å²) in [5.41, 5.74) is 0.726. The molecule has 0 heterocycles. The van der Waals surface area contributed by atoms with E-state index in [0.717, 1.165) is 28.4 Å². The Hall–Kier alpha value is -1.21. The van der Waals surface area contributed by atoms with E-state index in [1.807, 2.05) is 24.3 Å². The summed E-state index contributed by atoms with van der Waals surface area (Å²) in [6.07, 6.45) is 2.43. The number of sulfonamides is 1. The molecular formula is C18H17BrClNO3S. The van der Waals surface area contributed by atoms with Gasteiger partial charge in [0.15, 0.2) is 0 Å². The molecular weight excluding hydrogens is 426 g/mol. The van der Waals surface area contributed by atoms with Gasteiger partial charge in [0.05, 0.1) is 4.90 Å². The molecule has 0 aromatic heterocycles. The minimum Gasteiger partial charge on any atom is -0.279 e. The zero-order valence-electron chi connectivity index (χ0n) is 13.3. The van der Waals surface area contributed by atoms with Crippen LogP contribution in [0.5, 0.6) is 0 Å². The highest BCUT2D eigenvalue weighted by Crippen LogP contribution is 2.33. The average molecular weight is 443 g/mol. The van der Waals surface area contributed by atoms with Crippen molar-refractivity contribution in [2.24, 2.45) is 0 Å². The van der Waals surface area contributed by atoms with Crippen LogP contribution in [-0.4, -0.2) is 19.2 Å². The first kappa shape index (κ1) is 18.6. The van der Waals surface area contributed by atoms with Crippen molar-refractivity contribution in [2.45, 2.75) is 36.1 Å². The second-order valence-corrected chi connectivity index (χ2v) is 9.14. The number of nitrogens with one attached hydrogen (secondary N) is 1. The van der Waals surface area contributed by atoms with Crippen molar-refractivity contribution in [1.29, 1.82) is 0 Å². The number of hydrogen-bond acceptors (Lipinski definition) is 3. The maximum Gasteiger partial charge on any atom is 0.242 e.